The molecule has 1 N–H and O–H groups in total. The second kappa shape index (κ2) is 5.64. The highest BCUT2D eigenvalue weighted by Gasteiger charge is 2.29. The maximum absolute atomic E-state index is 9.33. The van der Waals surface area contributed by atoms with E-state index in [9.17, 15) is 5.11 Å². The van der Waals surface area contributed by atoms with Crippen LogP contribution in [-0.2, 0) is 0 Å². The molecule has 14 heavy (non-hydrogen) atoms. The second-order valence-electron chi connectivity index (χ2n) is 3.99. The van der Waals surface area contributed by atoms with Gasteiger partial charge in [0, 0.05) is 30.1 Å². The first-order chi connectivity index (χ1) is 6.92. The van der Waals surface area contributed by atoms with Gasteiger partial charge in [-0.3, -0.25) is 4.90 Å². The van der Waals surface area contributed by atoms with Crippen LogP contribution in [0, 0.1) is 0 Å². The van der Waals surface area contributed by atoms with Crippen molar-refractivity contribution >= 4 is 23.5 Å². The Morgan fingerprint density at radius 2 is 1.93 bits per heavy atom. The first kappa shape index (κ1) is 11.1. The molecule has 2 aliphatic heterocycles. The lowest BCUT2D eigenvalue weighted by Crippen LogP contribution is -2.51. The summed E-state index contributed by atoms with van der Waals surface area (Å²) in [5.41, 5.74) is 0. The monoisotopic (exact) mass is 233 g/mol. The molecule has 0 aromatic carbocycles. The first-order valence-corrected chi connectivity index (χ1v) is 7.75. The van der Waals surface area contributed by atoms with E-state index >= 15 is 0 Å². The first-order valence-electron chi connectivity index (χ1n) is 5.44. The lowest BCUT2D eigenvalue weighted by molar-refractivity contribution is 0.0933. The number of hydrogen-bond donors (Lipinski definition) is 1. The molecule has 0 aromatic rings. The van der Waals surface area contributed by atoms with Crippen LogP contribution in [0.4, 0.5) is 0 Å². The van der Waals surface area contributed by atoms with Gasteiger partial charge < -0.3 is 5.11 Å². The Labute approximate surface area is 94.8 Å². The number of nitrogens with zero attached hydrogens (tertiary/aromatic N) is 1. The average molecular weight is 233 g/mol. The average Bonchev–Trinajstić information content (AvgIpc) is 2.30. The van der Waals surface area contributed by atoms with Gasteiger partial charge in [0.25, 0.3) is 0 Å². The zero-order chi connectivity index (χ0) is 9.80. The minimum Gasteiger partial charge on any atom is -0.395 e. The highest BCUT2D eigenvalue weighted by molar-refractivity contribution is 7.99. The molecule has 2 nitrogen and oxygen atoms in total. The van der Waals surface area contributed by atoms with Crippen LogP contribution < -0.4 is 0 Å². The predicted molar refractivity (Wildman–Crippen MR) is 65.3 cm³/mol. The number of aliphatic hydroxyl groups is 1. The van der Waals surface area contributed by atoms with Crippen molar-refractivity contribution in [3.63, 3.8) is 0 Å². The van der Waals surface area contributed by atoms with Gasteiger partial charge in [-0.1, -0.05) is 0 Å². The molecule has 82 valence electrons. The molecule has 0 aromatic heterocycles. The third kappa shape index (κ3) is 2.60. The summed E-state index contributed by atoms with van der Waals surface area (Å²) in [6, 6.07) is 1.19. The van der Waals surface area contributed by atoms with Crippen LogP contribution >= 0.6 is 23.5 Å². The molecule has 4 heteroatoms. The molecule has 2 aliphatic rings. The van der Waals surface area contributed by atoms with Gasteiger partial charge >= 0.3 is 0 Å². The van der Waals surface area contributed by atoms with Crippen molar-refractivity contribution in [1.82, 2.24) is 4.90 Å². The zero-order valence-corrected chi connectivity index (χ0v) is 10.2. The minimum atomic E-state index is 0.344. The molecule has 2 fully saturated rings. The number of aliphatic hydroxyl groups excluding tert-OH is 1. The second-order valence-corrected chi connectivity index (χ2v) is 6.37. The molecule has 0 bridgehead atoms. The summed E-state index contributed by atoms with van der Waals surface area (Å²) in [6.07, 6.45) is 2.65. The Kier molecular flexibility index (Phi) is 4.47. The minimum absolute atomic E-state index is 0.344. The molecule has 2 rings (SSSR count). The summed E-state index contributed by atoms with van der Waals surface area (Å²) >= 11 is 4.07. The Balaban J connectivity index is 1.91. The van der Waals surface area contributed by atoms with Crippen LogP contribution in [0.2, 0.25) is 0 Å². The van der Waals surface area contributed by atoms with Crippen LogP contribution in [0.3, 0.4) is 0 Å². The summed E-state index contributed by atoms with van der Waals surface area (Å²) in [4.78, 5) is 2.57. The summed E-state index contributed by atoms with van der Waals surface area (Å²) in [7, 11) is 0. The smallest absolute Gasteiger partial charge is 0.0595 e. The van der Waals surface area contributed by atoms with E-state index < -0.39 is 0 Å². The van der Waals surface area contributed by atoms with E-state index in [1.807, 2.05) is 11.8 Å². The van der Waals surface area contributed by atoms with Crippen LogP contribution in [0.25, 0.3) is 0 Å². The summed E-state index contributed by atoms with van der Waals surface area (Å²) in [6.45, 7) is 1.53. The molecular weight excluding hydrogens is 214 g/mol. The summed E-state index contributed by atoms with van der Waals surface area (Å²) in [5, 5.41) is 9.33. The largest absolute Gasteiger partial charge is 0.395 e. The van der Waals surface area contributed by atoms with E-state index in [4.69, 9.17) is 0 Å². The zero-order valence-electron chi connectivity index (χ0n) is 8.52. The molecule has 2 heterocycles. The number of thioether (sulfide) groups is 2. The Morgan fingerprint density at radius 1 is 1.14 bits per heavy atom. The lowest BCUT2D eigenvalue weighted by atomic mass is 10.1. The maximum Gasteiger partial charge on any atom is 0.0595 e. The van der Waals surface area contributed by atoms with E-state index in [1.165, 1.54) is 36.6 Å². The Hall–Kier alpha value is 0.620. The van der Waals surface area contributed by atoms with Gasteiger partial charge in [0.15, 0.2) is 0 Å². The summed E-state index contributed by atoms with van der Waals surface area (Å²) < 4.78 is 0. The Morgan fingerprint density at radius 3 is 2.64 bits per heavy atom. The van der Waals surface area contributed by atoms with Crippen LogP contribution in [0.5, 0.6) is 0 Å². The van der Waals surface area contributed by atoms with Gasteiger partial charge in [-0.05, 0) is 24.3 Å². The quantitative estimate of drug-likeness (QED) is 0.776. The molecule has 0 saturated carbocycles. The van der Waals surface area contributed by atoms with Gasteiger partial charge in [-0.15, -0.1) is 0 Å². The van der Waals surface area contributed by atoms with Crippen molar-refractivity contribution in [3.8, 4) is 0 Å². The predicted octanol–water partition coefficient (Wildman–Crippen LogP) is 1.29. The van der Waals surface area contributed by atoms with Gasteiger partial charge in [-0.25, -0.2) is 0 Å². The fourth-order valence-electron chi connectivity index (χ4n) is 2.32. The van der Waals surface area contributed by atoms with Gasteiger partial charge in [0.1, 0.15) is 0 Å². The SMILES string of the molecule is OC[C@H]1CSCCN1C1CCSCC1. The Bertz CT molecular complexity index is 174. The van der Waals surface area contributed by atoms with E-state index in [-0.39, 0.29) is 0 Å². The van der Waals surface area contributed by atoms with E-state index in [0.29, 0.717) is 12.6 Å². The molecule has 0 amide bonds. The van der Waals surface area contributed by atoms with Gasteiger partial charge in [0.05, 0.1) is 6.61 Å². The van der Waals surface area contributed by atoms with Crippen LogP contribution in [0.1, 0.15) is 12.8 Å². The highest BCUT2D eigenvalue weighted by atomic mass is 32.2. The van der Waals surface area contributed by atoms with Gasteiger partial charge in [-0.2, -0.15) is 23.5 Å². The molecule has 2 saturated heterocycles. The molecule has 0 radical (unpaired) electrons. The topological polar surface area (TPSA) is 23.5 Å². The molecule has 0 spiro atoms. The van der Waals surface area contributed by atoms with E-state index in [0.717, 1.165) is 11.8 Å². The molecule has 1 atom stereocenters. The molecule has 0 unspecified atom stereocenters. The number of hydrogen-bond acceptors (Lipinski definition) is 4. The lowest BCUT2D eigenvalue weighted by Gasteiger charge is -2.41. The van der Waals surface area contributed by atoms with Crippen molar-refractivity contribution in [2.24, 2.45) is 0 Å². The van der Waals surface area contributed by atoms with Gasteiger partial charge in [0.2, 0.25) is 0 Å². The van der Waals surface area contributed by atoms with Crippen molar-refractivity contribution < 1.29 is 5.11 Å². The number of rotatable bonds is 2. The third-order valence-corrected chi connectivity index (χ3v) is 5.28. The molecular formula is C10H19NOS2. The van der Waals surface area contributed by atoms with Crippen molar-refractivity contribution in [2.45, 2.75) is 24.9 Å². The van der Waals surface area contributed by atoms with Crippen molar-refractivity contribution in [1.29, 1.82) is 0 Å². The van der Waals surface area contributed by atoms with E-state index in [2.05, 4.69) is 16.7 Å². The maximum atomic E-state index is 9.33. The molecule has 0 aliphatic carbocycles. The normalized spacial score (nSPS) is 31.9. The fourth-order valence-corrected chi connectivity index (χ4v) is 4.48. The van der Waals surface area contributed by atoms with Crippen LogP contribution in [-0.4, -0.2) is 58.3 Å². The van der Waals surface area contributed by atoms with Crippen molar-refractivity contribution in [3.05, 3.63) is 0 Å². The fraction of sp³-hybridized carbons (Fsp3) is 1.00. The third-order valence-electron chi connectivity index (χ3n) is 3.14. The standard InChI is InChI=1S/C10H19NOS2/c12-7-10-8-14-6-3-11(10)9-1-4-13-5-2-9/h9-10,12H,1-8H2/t10-/m0/s1. The van der Waals surface area contributed by atoms with Crippen LogP contribution in [0.15, 0.2) is 0 Å². The van der Waals surface area contributed by atoms with E-state index in [1.54, 1.807) is 0 Å². The van der Waals surface area contributed by atoms with Crippen molar-refractivity contribution in [2.75, 3.05) is 36.2 Å². The highest BCUT2D eigenvalue weighted by Crippen LogP contribution is 2.26. The summed E-state index contributed by atoms with van der Waals surface area (Å²) in [5.74, 6) is 5.00.